The maximum Gasteiger partial charge on any atom is 0.245 e. The maximum absolute atomic E-state index is 13.5. The molecule has 1 aliphatic heterocycles. The molecule has 0 atom stereocenters. The number of hydrogen-bond acceptors (Lipinski definition) is 6. The average molecular weight is 472 g/mol. The molecular weight excluding hydrogens is 454 g/mol. The molecule has 5 rings (SSSR count). The first-order valence-electron chi connectivity index (χ1n) is 9.69. The molecule has 0 unspecified atom stereocenters. The lowest BCUT2D eigenvalue weighted by atomic mass is 10.0. The Bertz CT molecular complexity index is 1390. The average Bonchev–Trinajstić information content (AvgIpc) is 3.25. The third kappa shape index (κ3) is 3.85. The van der Waals surface area contributed by atoms with Crippen LogP contribution in [0.3, 0.4) is 0 Å². The van der Waals surface area contributed by atoms with Crippen molar-refractivity contribution in [3.05, 3.63) is 76.3 Å². The monoisotopic (exact) mass is 471 g/mol. The third-order valence-corrected chi connectivity index (χ3v) is 8.52. The molecule has 0 bridgehead atoms. The SMILES string of the molecule is Cc1ccc(Sc2ccc(S(=O)(=O)N3CCc4ccc(Cl)cc4C3)c3nonc23)cc1. The summed E-state index contributed by atoms with van der Waals surface area (Å²) in [6, 6.07) is 17.1. The smallest absolute Gasteiger partial charge is 0.243 e. The number of aromatic nitrogens is 2. The minimum absolute atomic E-state index is 0.0995. The summed E-state index contributed by atoms with van der Waals surface area (Å²) in [5.74, 6) is 0. The highest BCUT2D eigenvalue weighted by molar-refractivity contribution is 7.99. The molecule has 0 saturated heterocycles. The van der Waals surface area contributed by atoms with E-state index in [-0.39, 0.29) is 17.0 Å². The molecular formula is C22H18ClN3O3S2. The van der Waals surface area contributed by atoms with Gasteiger partial charge in [0.05, 0.1) is 0 Å². The minimum atomic E-state index is -3.79. The second kappa shape index (κ2) is 7.94. The van der Waals surface area contributed by atoms with Crippen LogP contribution in [0.4, 0.5) is 0 Å². The molecule has 4 aromatic rings. The molecule has 0 amide bonds. The fourth-order valence-corrected chi connectivity index (χ4v) is 6.31. The molecule has 6 nitrogen and oxygen atoms in total. The Morgan fingerprint density at radius 2 is 1.77 bits per heavy atom. The van der Waals surface area contributed by atoms with E-state index in [1.165, 1.54) is 21.6 Å². The topological polar surface area (TPSA) is 76.3 Å². The first-order chi connectivity index (χ1) is 14.9. The second-order valence-electron chi connectivity index (χ2n) is 7.44. The summed E-state index contributed by atoms with van der Waals surface area (Å²) in [7, 11) is -3.79. The van der Waals surface area contributed by atoms with Gasteiger partial charge in [0.15, 0.2) is 11.0 Å². The van der Waals surface area contributed by atoms with Crippen LogP contribution in [0.15, 0.2) is 73.9 Å². The van der Waals surface area contributed by atoms with Gasteiger partial charge in [-0.05, 0) is 71.2 Å². The van der Waals surface area contributed by atoms with Gasteiger partial charge in [-0.1, -0.05) is 47.1 Å². The minimum Gasteiger partial charge on any atom is -0.243 e. The highest BCUT2D eigenvalue weighted by Gasteiger charge is 2.31. The van der Waals surface area contributed by atoms with Crippen LogP contribution < -0.4 is 0 Å². The van der Waals surface area contributed by atoms with Crippen molar-refractivity contribution < 1.29 is 13.0 Å². The largest absolute Gasteiger partial charge is 0.245 e. The third-order valence-electron chi connectivity index (χ3n) is 5.35. The summed E-state index contributed by atoms with van der Waals surface area (Å²) in [5, 5.41) is 8.52. The second-order valence-corrected chi connectivity index (χ2v) is 10.9. The molecule has 1 aromatic heterocycles. The highest BCUT2D eigenvalue weighted by atomic mass is 35.5. The van der Waals surface area contributed by atoms with Gasteiger partial charge >= 0.3 is 0 Å². The van der Waals surface area contributed by atoms with Crippen LogP contribution >= 0.6 is 23.4 Å². The molecule has 0 aliphatic carbocycles. The molecule has 2 heterocycles. The van der Waals surface area contributed by atoms with Crippen molar-refractivity contribution in [2.24, 2.45) is 0 Å². The summed E-state index contributed by atoms with van der Waals surface area (Å²) in [6.45, 7) is 2.69. The van der Waals surface area contributed by atoms with E-state index < -0.39 is 10.0 Å². The first kappa shape index (κ1) is 20.5. The van der Waals surface area contributed by atoms with Gasteiger partial charge in [-0.25, -0.2) is 13.0 Å². The van der Waals surface area contributed by atoms with Crippen molar-refractivity contribution in [2.75, 3.05) is 6.54 Å². The van der Waals surface area contributed by atoms with Crippen LogP contribution in [0.1, 0.15) is 16.7 Å². The quantitative estimate of drug-likeness (QED) is 0.413. The lowest BCUT2D eigenvalue weighted by Crippen LogP contribution is -2.36. The van der Waals surface area contributed by atoms with Crippen molar-refractivity contribution in [3.63, 3.8) is 0 Å². The molecule has 9 heteroatoms. The van der Waals surface area contributed by atoms with E-state index in [2.05, 4.69) is 10.3 Å². The predicted molar refractivity (Wildman–Crippen MR) is 120 cm³/mol. The van der Waals surface area contributed by atoms with Crippen LogP contribution in [0.5, 0.6) is 0 Å². The summed E-state index contributed by atoms with van der Waals surface area (Å²) < 4.78 is 33.4. The zero-order chi connectivity index (χ0) is 21.6. The molecule has 0 saturated carbocycles. The highest BCUT2D eigenvalue weighted by Crippen LogP contribution is 2.36. The van der Waals surface area contributed by atoms with Crippen molar-refractivity contribution in [1.82, 2.24) is 14.6 Å². The molecule has 158 valence electrons. The van der Waals surface area contributed by atoms with Gasteiger partial charge in [-0.2, -0.15) is 4.31 Å². The molecule has 0 N–H and O–H groups in total. The Morgan fingerprint density at radius 3 is 2.58 bits per heavy atom. The lowest BCUT2D eigenvalue weighted by molar-refractivity contribution is 0.314. The van der Waals surface area contributed by atoms with E-state index in [0.717, 1.165) is 20.9 Å². The number of nitrogens with zero attached hydrogens (tertiary/aromatic N) is 3. The number of aryl methyl sites for hydroxylation is 1. The Kier molecular flexibility index (Phi) is 5.26. The Morgan fingerprint density at radius 1 is 1.00 bits per heavy atom. The summed E-state index contributed by atoms with van der Waals surface area (Å²) in [5.41, 5.74) is 3.89. The van der Waals surface area contributed by atoms with Gasteiger partial charge in [0.25, 0.3) is 0 Å². The van der Waals surface area contributed by atoms with Crippen LogP contribution in [-0.2, 0) is 23.0 Å². The Hall–Kier alpha value is -2.39. The predicted octanol–water partition coefficient (Wildman–Crippen LogP) is 5.08. The zero-order valence-electron chi connectivity index (χ0n) is 16.6. The van der Waals surface area contributed by atoms with E-state index >= 15 is 0 Å². The molecule has 1 aliphatic rings. The van der Waals surface area contributed by atoms with Gasteiger partial charge in [-0.3, -0.25) is 0 Å². The summed E-state index contributed by atoms with van der Waals surface area (Å²) in [4.78, 5) is 1.91. The number of fused-ring (bicyclic) bond motifs is 2. The number of halogens is 1. The Balaban J connectivity index is 1.50. The van der Waals surface area contributed by atoms with Crippen LogP contribution in [-0.4, -0.2) is 29.6 Å². The van der Waals surface area contributed by atoms with E-state index in [4.69, 9.17) is 16.2 Å². The summed E-state index contributed by atoms with van der Waals surface area (Å²) in [6.07, 6.45) is 0.632. The van der Waals surface area contributed by atoms with Gasteiger partial charge in [0.2, 0.25) is 10.0 Å². The van der Waals surface area contributed by atoms with Crippen molar-refractivity contribution >= 4 is 44.4 Å². The van der Waals surface area contributed by atoms with E-state index in [1.807, 2.05) is 49.4 Å². The first-order valence-corrected chi connectivity index (χ1v) is 12.3. The van der Waals surface area contributed by atoms with Crippen LogP contribution in [0.25, 0.3) is 11.0 Å². The molecule has 0 spiro atoms. The van der Waals surface area contributed by atoms with E-state index in [9.17, 15) is 8.42 Å². The van der Waals surface area contributed by atoms with Crippen molar-refractivity contribution in [1.29, 1.82) is 0 Å². The normalized spacial score (nSPS) is 14.6. The maximum atomic E-state index is 13.5. The van der Waals surface area contributed by atoms with Gasteiger partial charge in [0, 0.05) is 27.9 Å². The van der Waals surface area contributed by atoms with Crippen LogP contribution in [0, 0.1) is 6.92 Å². The number of hydrogen-bond donors (Lipinski definition) is 0. The fourth-order valence-electron chi connectivity index (χ4n) is 3.69. The number of sulfonamides is 1. The van der Waals surface area contributed by atoms with E-state index in [1.54, 1.807) is 12.1 Å². The molecule has 31 heavy (non-hydrogen) atoms. The Labute approximate surface area is 189 Å². The van der Waals surface area contributed by atoms with Crippen molar-refractivity contribution in [2.45, 2.75) is 34.6 Å². The lowest BCUT2D eigenvalue weighted by Gasteiger charge is -2.28. The number of benzene rings is 3. The fraction of sp³-hybridized carbons (Fsp3) is 0.182. The van der Waals surface area contributed by atoms with Crippen LogP contribution in [0.2, 0.25) is 5.02 Å². The van der Waals surface area contributed by atoms with Gasteiger partial charge < -0.3 is 0 Å². The van der Waals surface area contributed by atoms with E-state index in [0.29, 0.717) is 23.5 Å². The standard InChI is InChI=1S/C22H18ClN3O3S2/c1-14-2-6-18(7-3-14)30-19-8-9-20(22-21(19)24-29-25-22)31(27,28)26-11-10-15-4-5-17(23)12-16(15)13-26/h2-9,12H,10-11,13H2,1H3. The molecule has 0 radical (unpaired) electrons. The molecule has 0 fully saturated rings. The van der Waals surface area contributed by atoms with Gasteiger partial charge in [-0.15, -0.1) is 0 Å². The molecule has 3 aromatic carbocycles. The summed E-state index contributed by atoms with van der Waals surface area (Å²) >= 11 is 7.60. The van der Waals surface area contributed by atoms with Gasteiger partial charge in [0.1, 0.15) is 4.90 Å². The number of rotatable bonds is 4. The van der Waals surface area contributed by atoms with Crippen molar-refractivity contribution in [3.8, 4) is 0 Å². The zero-order valence-corrected chi connectivity index (χ0v) is 19.0.